The van der Waals surface area contributed by atoms with Gasteiger partial charge in [-0.1, -0.05) is 89.5 Å². The molecule has 0 aliphatic rings. The first-order valence-electron chi connectivity index (χ1n) is 11.5. The van der Waals surface area contributed by atoms with Crippen molar-refractivity contribution in [1.82, 2.24) is 5.32 Å². The lowest BCUT2D eigenvalue weighted by molar-refractivity contribution is -0.122. The average Bonchev–Trinajstić information content (AvgIpc) is 2.67. The number of carbonyl (C=O) groups is 1. The lowest BCUT2D eigenvalue weighted by Crippen LogP contribution is -2.46. The first kappa shape index (κ1) is 28.8. The zero-order valence-electron chi connectivity index (χ0n) is 18.9. The van der Waals surface area contributed by atoms with Gasteiger partial charge in [0.15, 0.2) is 0 Å². The molecule has 0 saturated carbocycles. The number of allylic oxidation sites excluding steroid dienone is 3. The van der Waals surface area contributed by atoms with E-state index >= 15 is 0 Å². The van der Waals surface area contributed by atoms with E-state index in [1.807, 2.05) is 0 Å². The molecule has 0 rings (SSSR count). The minimum atomic E-state index is -4.32. The van der Waals surface area contributed by atoms with Crippen LogP contribution >= 0.6 is 0 Å². The SMILES string of the molecule is CCC/C=C/CC/C=C/C(O)C(CS(=O)(=O)O)NC(=O)CCCCCCCCCC. The van der Waals surface area contributed by atoms with Gasteiger partial charge in [-0.25, -0.2) is 0 Å². The Balaban J connectivity index is 4.35. The van der Waals surface area contributed by atoms with Gasteiger partial charge in [-0.15, -0.1) is 0 Å². The van der Waals surface area contributed by atoms with Gasteiger partial charge in [-0.3, -0.25) is 9.35 Å². The van der Waals surface area contributed by atoms with Crippen LogP contribution in [-0.2, 0) is 14.9 Å². The second-order valence-electron chi connectivity index (χ2n) is 7.90. The molecule has 0 heterocycles. The number of hydrogen-bond acceptors (Lipinski definition) is 4. The summed E-state index contributed by atoms with van der Waals surface area (Å²) in [6.45, 7) is 4.30. The minimum Gasteiger partial charge on any atom is -0.387 e. The van der Waals surface area contributed by atoms with Crippen molar-refractivity contribution < 1.29 is 22.9 Å². The molecule has 7 heteroatoms. The van der Waals surface area contributed by atoms with Gasteiger partial charge in [0.2, 0.25) is 5.91 Å². The maximum atomic E-state index is 12.2. The van der Waals surface area contributed by atoms with Crippen LogP contribution in [0.3, 0.4) is 0 Å². The van der Waals surface area contributed by atoms with Crippen molar-refractivity contribution in [2.24, 2.45) is 0 Å². The van der Waals surface area contributed by atoms with Gasteiger partial charge in [0.1, 0.15) is 0 Å². The highest BCUT2D eigenvalue weighted by atomic mass is 32.2. The quantitative estimate of drug-likeness (QED) is 0.148. The van der Waals surface area contributed by atoms with Crippen LogP contribution in [0, 0.1) is 0 Å². The zero-order chi connectivity index (χ0) is 22.7. The molecule has 0 spiro atoms. The van der Waals surface area contributed by atoms with E-state index in [0.717, 1.165) is 38.5 Å². The van der Waals surface area contributed by atoms with Gasteiger partial charge in [0.05, 0.1) is 17.9 Å². The Morgan fingerprint density at radius 3 is 2.03 bits per heavy atom. The van der Waals surface area contributed by atoms with Gasteiger partial charge in [-0.05, 0) is 25.7 Å². The van der Waals surface area contributed by atoms with E-state index in [9.17, 15) is 18.3 Å². The molecule has 3 N–H and O–H groups in total. The first-order valence-corrected chi connectivity index (χ1v) is 13.1. The molecular formula is C23H43NO5S. The Kier molecular flexibility index (Phi) is 17.8. The van der Waals surface area contributed by atoms with E-state index in [0.29, 0.717) is 6.42 Å². The third kappa shape index (κ3) is 18.8. The van der Waals surface area contributed by atoms with E-state index < -0.39 is 28.0 Å². The monoisotopic (exact) mass is 445 g/mol. The van der Waals surface area contributed by atoms with Crippen molar-refractivity contribution in [3.8, 4) is 0 Å². The predicted octanol–water partition coefficient (Wildman–Crippen LogP) is 4.94. The molecule has 0 fully saturated rings. The van der Waals surface area contributed by atoms with Crippen molar-refractivity contribution in [3.05, 3.63) is 24.3 Å². The van der Waals surface area contributed by atoms with Crippen molar-refractivity contribution in [2.45, 2.75) is 109 Å². The summed E-state index contributed by atoms with van der Waals surface area (Å²) in [5.41, 5.74) is 0. The molecule has 176 valence electrons. The molecule has 0 aromatic carbocycles. The molecule has 0 aromatic heterocycles. The summed E-state index contributed by atoms with van der Waals surface area (Å²) in [5, 5.41) is 12.8. The lowest BCUT2D eigenvalue weighted by Gasteiger charge is -2.21. The number of aliphatic hydroxyl groups excluding tert-OH is 1. The summed E-state index contributed by atoms with van der Waals surface area (Å²) in [7, 11) is -4.32. The molecular weight excluding hydrogens is 402 g/mol. The van der Waals surface area contributed by atoms with Crippen LogP contribution in [0.5, 0.6) is 0 Å². The third-order valence-electron chi connectivity index (χ3n) is 4.86. The molecule has 0 aromatic rings. The van der Waals surface area contributed by atoms with Gasteiger partial charge in [0, 0.05) is 6.42 Å². The largest absolute Gasteiger partial charge is 0.387 e. The fourth-order valence-electron chi connectivity index (χ4n) is 3.12. The Hall–Kier alpha value is -1.18. The highest BCUT2D eigenvalue weighted by Crippen LogP contribution is 2.10. The highest BCUT2D eigenvalue weighted by molar-refractivity contribution is 7.85. The number of carbonyl (C=O) groups excluding carboxylic acids is 1. The molecule has 0 aliphatic heterocycles. The third-order valence-corrected chi connectivity index (χ3v) is 5.64. The van der Waals surface area contributed by atoms with Gasteiger partial charge < -0.3 is 10.4 Å². The van der Waals surface area contributed by atoms with E-state index in [2.05, 4.69) is 31.3 Å². The lowest BCUT2D eigenvalue weighted by atomic mass is 10.1. The molecule has 0 saturated heterocycles. The smallest absolute Gasteiger partial charge is 0.267 e. The summed E-state index contributed by atoms with van der Waals surface area (Å²) in [6.07, 6.45) is 19.1. The Morgan fingerprint density at radius 1 is 0.867 bits per heavy atom. The van der Waals surface area contributed by atoms with Crippen LogP contribution in [0.25, 0.3) is 0 Å². The number of unbranched alkanes of at least 4 members (excludes halogenated alkanes) is 9. The summed E-state index contributed by atoms with van der Waals surface area (Å²) < 4.78 is 31.7. The van der Waals surface area contributed by atoms with Crippen LogP contribution in [-0.4, -0.2) is 41.9 Å². The number of nitrogens with one attached hydrogen (secondary N) is 1. The Morgan fingerprint density at radius 2 is 1.43 bits per heavy atom. The van der Waals surface area contributed by atoms with E-state index in [1.54, 1.807) is 6.08 Å². The summed E-state index contributed by atoms with van der Waals surface area (Å²) in [6, 6.07) is -1.06. The van der Waals surface area contributed by atoms with Crippen molar-refractivity contribution in [1.29, 1.82) is 0 Å². The Bertz CT molecular complexity index is 586. The van der Waals surface area contributed by atoms with Crippen molar-refractivity contribution >= 4 is 16.0 Å². The molecule has 2 atom stereocenters. The molecule has 2 unspecified atom stereocenters. The summed E-state index contributed by atoms with van der Waals surface area (Å²) >= 11 is 0. The predicted molar refractivity (Wildman–Crippen MR) is 124 cm³/mol. The van der Waals surface area contributed by atoms with Crippen LogP contribution in [0.2, 0.25) is 0 Å². The second-order valence-corrected chi connectivity index (χ2v) is 9.40. The van der Waals surface area contributed by atoms with Gasteiger partial charge in [0.25, 0.3) is 10.1 Å². The zero-order valence-corrected chi connectivity index (χ0v) is 19.7. The van der Waals surface area contributed by atoms with Crippen LogP contribution in [0.1, 0.15) is 97.3 Å². The minimum absolute atomic E-state index is 0.287. The number of amides is 1. The van der Waals surface area contributed by atoms with Gasteiger partial charge in [-0.2, -0.15) is 8.42 Å². The van der Waals surface area contributed by atoms with Crippen LogP contribution < -0.4 is 5.32 Å². The number of rotatable bonds is 19. The normalized spacial score (nSPS) is 14.4. The summed E-state index contributed by atoms with van der Waals surface area (Å²) in [4.78, 5) is 12.2. The van der Waals surface area contributed by atoms with Crippen molar-refractivity contribution in [2.75, 3.05) is 5.75 Å². The van der Waals surface area contributed by atoms with Gasteiger partial charge >= 0.3 is 0 Å². The van der Waals surface area contributed by atoms with E-state index in [-0.39, 0.29) is 12.3 Å². The van der Waals surface area contributed by atoms with Crippen LogP contribution in [0.4, 0.5) is 0 Å². The van der Waals surface area contributed by atoms with E-state index in [4.69, 9.17) is 4.55 Å². The van der Waals surface area contributed by atoms with E-state index in [1.165, 1.54) is 38.2 Å². The second kappa shape index (κ2) is 18.6. The summed E-state index contributed by atoms with van der Waals surface area (Å²) in [5.74, 6) is -1.01. The molecule has 0 radical (unpaired) electrons. The maximum absolute atomic E-state index is 12.2. The first-order chi connectivity index (χ1) is 14.3. The fourth-order valence-corrected chi connectivity index (χ4v) is 3.85. The fraction of sp³-hybridized carbons (Fsp3) is 0.783. The number of aliphatic hydroxyl groups is 1. The molecule has 6 nitrogen and oxygen atoms in total. The maximum Gasteiger partial charge on any atom is 0.267 e. The molecule has 30 heavy (non-hydrogen) atoms. The highest BCUT2D eigenvalue weighted by Gasteiger charge is 2.24. The molecule has 0 aliphatic carbocycles. The van der Waals surface area contributed by atoms with Crippen LogP contribution in [0.15, 0.2) is 24.3 Å². The van der Waals surface area contributed by atoms with Crippen molar-refractivity contribution in [3.63, 3.8) is 0 Å². The topological polar surface area (TPSA) is 104 Å². The number of hydrogen-bond donors (Lipinski definition) is 3. The molecule has 1 amide bonds. The average molecular weight is 446 g/mol. The standard InChI is InChI=1S/C23H43NO5S/c1-3-5-7-9-11-13-15-17-19-23(26)24-21(20-30(27,28)29)22(25)18-16-14-12-10-8-6-4-2/h8,10,16,18,21-22,25H,3-7,9,11-15,17,19-20H2,1-2H3,(H,24,26)(H,27,28,29)/b10-8+,18-16+. The Labute approximate surface area is 184 Å². The molecule has 0 bridgehead atoms.